The summed E-state index contributed by atoms with van der Waals surface area (Å²) in [6.45, 7) is 1.45. The average Bonchev–Trinajstić information content (AvgIpc) is 3.28. The summed E-state index contributed by atoms with van der Waals surface area (Å²) in [6.07, 6.45) is 8.38. The van der Waals surface area contributed by atoms with Gasteiger partial charge in [-0.05, 0) is 43.0 Å². The van der Waals surface area contributed by atoms with E-state index in [-0.39, 0.29) is 0 Å². The molecule has 0 radical (unpaired) electrons. The first-order valence-electron chi connectivity index (χ1n) is 10.1. The SMILES string of the molecule is Cn1nc(OCC2CCCCC2)c2ccc(NC3=NCc4cccnc43)cc21. The van der Waals surface area contributed by atoms with E-state index in [0.29, 0.717) is 12.5 Å². The highest BCUT2D eigenvalue weighted by Crippen LogP contribution is 2.30. The van der Waals surface area contributed by atoms with Crippen molar-refractivity contribution in [3.63, 3.8) is 0 Å². The molecule has 2 aliphatic rings. The van der Waals surface area contributed by atoms with Gasteiger partial charge < -0.3 is 10.1 Å². The Labute approximate surface area is 164 Å². The highest BCUT2D eigenvalue weighted by molar-refractivity contribution is 6.09. The number of hydrogen-bond donors (Lipinski definition) is 1. The van der Waals surface area contributed by atoms with Crippen LogP contribution in [-0.4, -0.2) is 27.2 Å². The fourth-order valence-electron chi connectivity index (χ4n) is 4.21. The largest absolute Gasteiger partial charge is 0.476 e. The number of hydrogen-bond acceptors (Lipinski definition) is 5. The first kappa shape index (κ1) is 17.2. The molecule has 1 saturated carbocycles. The minimum Gasteiger partial charge on any atom is -0.476 e. The molecule has 1 aliphatic carbocycles. The zero-order valence-electron chi connectivity index (χ0n) is 16.2. The maximum absolute atomic E-state index is 6.11. The number of ether oxygens (including phenoxy) is 1. The number of nitrogens with one attached hydrogen (secondary N) is 1. The van der Waals surface area contributed by atoms with E-state index >= 15 is 0 Å². The summed E-state index contributed by atoms with van der Waals surface area (Å²) in [5, 5.41) is 9.07. The summed E-state index contributed by atoms with van der Waals surface area (Å²) >= 11 is 0. The monoisotopic (exact) mass is 375 g/mol. The van der Waals surface area contributed by atoms with Crippen LogP contribution < -0.4 is 10.1 Å². The van der Waals surface area contributed by atoms with Crippen molar-refractivity contribution in [1.82, 2.24) is 14.8 Å². The topological polar surface area (TPSA) is 64.3 Å². The van der Waals surface area contributed by atoms with E-state index in [2.05, 4.69) is 44.7 Å². The number of aromatic nitrogens is 3. The van der Waals surface area contributed by atoms with Gasteiger partial charge in [0, 0.05) is 24.5 Å². The average molecular weight is 375 g/mol. The maximum Gasteiger partial charge on any atom is 0.240 e. The molecule has 0 saturated heterocycles. The number of anilines is 1. The number of fused-ring (bicyclic) bond motifs is 2. The molecule has 28 heavy (non-hydrogen) atoms. The number of nitrogens with zero attached hydrogens (tertiary/aromatic N) is 4. The van der Waals surface area contributed by atoms with Crippen molar-refractivity contribution >= 4 is 22.4 Å². The van der Waals surface area contributed by atoms with Crippen molar-refractivity contribution in [1.29, 1.82) is 0 Å². The Kier molecular flexibility index (Phi) is 4.47. The molecule has 6 nitrogen and oxygen atoms in total. The van der Waals surface area contributed by atoms with Crippen LogP contribution in [0.15, 0.2) is 41.5 Å². The van der Waals surface area contributed by atoms with Crippen molar-refractivity contribution in [2.75, 3.05) is 11.9 Å². The third-order valence-corrected chi connectivity index (χ3v) is 5.78. The number of benzene rings is 1. The zero-order valence-corrected chi connectivity index (χ0v) is 16.2. The molecule has 144 valence electrons. The quantitative estimate of drug-likeness (QED) is 0.738. The Hall–Kier alpha value is -2.89. The van der Waals surface area contributed by atoms with E-state index < -0.39 is 0 Å². The molecule has 0 bridgehead atoms. The van der Waals surface area contributed by atoms with Gasteiger partial charge in [-0.1, -0.05) is 25.3 Å². The van der Waals surface area contributed by atoms with Crippen LogP contribution in [0, 0.1) is 5.92 Å². The number of amidine groups is 1. The Bertz CT molecular complexity index is 1030. The van der Waals surface area contributed by atoms with Gasteiger partial charge in [0.15, 0.2) is 5.84 Å². The van der Waals surface area contributed by atoms with Gasteiger partial charge in [-0.25, -0.2) is 0 Å². The third kappa shape index (κ3) is 3.23. The normalized spacial score (nSPS) is 16.8. The summed E-state index contributed by atoms with van der Waals surface area (Å²) < 4.78 is 8.00. The standard InChI is InChI=1S/C22H25N5O/c1-27-19-12-17(25-21-20-16(13-24-21)8-5-11-23-20)9-10-18(19)22(26-27)28-14-15-6-3-2-4-7-15/h5,8-12,15H,2-4,6-7,13-14H2,1H3,(H,24,25). The Balaban J connectivity index is 1.34. The summed E-state index contributed by atoms with van der Waals surface area (Å²) in [5.74, 6) is 2.23. The van der Waals surface area contributed by atoms with Gasteiger partial charge in [0.05, 0.1) is 24.1 Å². The van der Waals surface area contributed by atoms with Gasteiger partial charge in [-0.15, -0.1) is 5.10 Å². The lowest BCUT2D eigenvalue weighted by molar-refractivity contribution is 0.203. The molecule has 0 unspecified atom stereocenters. The van der Waals surface area contributed by atoms with Crippen molar-refractivity contribution in [3.05, 3.63) is 47.8 Å². The lowest BCUT2D eigenvalue weighted by atomic mass is 9.90. The highest BCUT2D eigenvalue weighted by Gasteiger charge is 2.19. The van der Waals surface area contributed by atoms with E-state index in [1.54, 1.807) is 0 Å². The molecule has 0 spiro atoms. The summed E-state index contributed by atoms with van der Waals surface area (Å²) in [4.78, 5) is 9.04. The molecule has 5 rings (SSSR count). The van der Waals surface area contributed by atoms with Crippen LogP contribution >= 0.6 is 0 Å². The van der Waals surface area contributed by atoms with E-state index in [1.807, 2.05) is 24.0 Å². The van der Waals surface area contributed by atoms with Crippen LogP contribution in [0.25, 0.3) is 10.9 Å². The fraction of sp³-hybridized carbons (Fsp3) is 0.409. The minimum absolute atomic E-state index is 0.666. The van der Waals surface area contributed by atoms with Crippen molar-refractivity contribution in [3.8, 4) is 5.88 Å². The minimum atomic E-state index is 0.666. The predicted octanol–water partition coefficient (Wildman–Crippen LogP) is 4.30. The fourth-order valence-corrected chi connectivity index (χ4v) is 4.21. The summed E-state index contributed by atoms with van der Waals surface area (Å²) in [6, 6.07) is 10.3. The van der Waals surface area contributed by atoms with Gasteiger partial charge >= 0.3 is 0 Å². The first-order valence-corrected chi connectivity index (χ1v) is 10.1. The van der Waals surface area contributed by atoms with Crippen LogP contribution in [0.4, 0.5) is 5.69 Å². The van der Waals surface area contributed by atoms with Crippen LogP contribution in [0.5, 0.6) is 5.88 Å². The number of rotatable bonds is 4. The second kappa shape index (κ2) is 7.26. The van der Waals surface area contributed by atoms with Gasteiger partial charge in [0.2, 0.25) is 5.88 Å². The van der Waals surface area contributed by atoms with Crippen LogP contribution in [0.3, 0.4) is 0 Å². The highest BCUT2D eigenvalue weighted by atomic mass is 16.5. The molecule has 6 heteroatoms. The molecule has 0 amide bonds. The zero-order chi connectivity index (χ0) is 18.9. The van der Waals surface area contributed by atoms with Crippen molar-refractivity contribution in [2.24, 2.45) is 18.0 Å². The predicted molar refractivity (Wildman–Crippen MR) is 111 cm³/mol. The Morgan fingerprint density at radius 3 is 2.96 bits per heavy atom. The number of aryl methyl sites for hydroxylation is 1. The molecule has 1 aromatic carbocycles. The van der Waals surface area contributed by atoms with E-state index in [9.17, 15) is 0 Å². The smallest absolute Gasteiger partial charge is 0.240 e. The molecule has 1 aliphatic heterocycles. The van der Waals surface area contributed by atoms with E-state index in [4.69, 9.17) is 4.74 Å². The molecule has 0 atom stereocenters. The Morgan fingerprint density at radius 1 is 1.18 bits per heavy atom. The Morgan fingerprint density at radius 2 is 2.07 bits per heavy atom. The lowest BCUT2D eigenvalue weighted by Gasteiger charge is -2.20. The van der Waals surface area contributed by atoms with Gasteiger partial charge in [-0.2, -0.15) is 0 Å². The molecule has 2 aromatic heterocycles. The molecule has 1 fully saturated rings. The van der Waals surface area contributed by atoms with Gasteiger partial charge in [0.25, 0.3) is 0 Å². The second-order valence-electron chi connectivity index (χ2n) is 7.78. The van der Waals surface area contributed by atoms with Crippen LogP contribution in [0.2, 0.25) is 0 Å². The van der Waals surface area contributed by atoms with Crippen molar-refractivity contribution in [2.45, 2.75) is 38.6 Å². The second-order valence-corrected chi connectivity index (χ2v) is 7.78. The maximum atomic E-state index is 6.11. The molecule has 3 aromatic rings. The van der Waals surface area contributed by atoms with Crippen LogP contribution in [0.1, 0.15) is 43.4 Å². The molecule has 3 heterocycles. The summed E-state index contributed by atoms with van der Waals surface area (Å²) in [7, 11) is 1.96. The van der Waals surface area contributed by atoms with E-state index in [0.717, 1.165) is 46.2 Å². The first-order chi connectivity index (χ1) is 13.8. The lowest BCUT2D eigenvalue weighted by Crippen LogP contribution is -2.15. The number of aliphatic imine (C=N–C) groups is 1. The molecular weight excluding hydrogens is 350 g/mol. The molecular formula is C22H25N5O. The molecule has 1 N–H and O–H groups in total. The van der Waals surface area contributed by atoms with E-state index in [1.165, 1.54) is 32.1 Å². The van der Waals surface area contributed by atoms with Crippen molar-refractivity contribution < 1.29 is 4.74 Å². The third-order valence-electron chi connectivity index (χ3n) is 5.78. The number of pyridine rings is 1. The summed E-state index contributed by atoms with van der Waals surface area (Å²) in [5.41, 5.74) is 4.11. The van der Waals surface area contributed by atoms with Gasteiger partial charge in [-0.3, -0.25) is 14.7 Å². The van der Waals surface area contributed by atoms with Crippen LogP contribution in [-0.2, 0) is 13.6 Å². The van der Waals surface area contributed by atoms with Gasteiger partial charge in [0.1, 0.15) is 5.69 Å².